The predicted octanol–water partition coefficient (Wildman–Crippen LogP) is 2.98. The van der Waals surface area contributed by atoms with Crippen LogP contribution in [0.3, 0.4) is 0 Å². The number of rotatable bonds is 6. The molecule has 2 rings (SSSR count). The van der Waals surface area contributed by atoms with Crippen LogP contribution < -0.4 is 0 Å². The van der Waals surface area contributed by atoms with Crippen LogP contribution in [0.1, 0.15) is 39.2 Å². The fourth-order valence-electron chi connectivity index (χ4n) is 3.16. The summed E-state index contributed by atoms with van der Waals surface area (Å²) in [5.41, 5.74) is 0.522. The number of ether oxygens (including phenoxy) is 1. The van der Waals surface area contributed by atoms with Gasteiger partial charge < -0.3 is 14.5 Å². The largest absolute Gasteiger partial charge is 0.444 e. The summed E-state index contributed by atoms with van der Waals surface area (Å²) in [6, 6.07) is 9.54. The van der Waals surface area contributed by atoms with Crippen LogP contribution in [0.5, 0.6) is 0 Å². The average molecular weight is 376 g/mol. The van der Waals surface area contributed by atoms with Crippen LogP contribution in [0.25, 0.3) is 0 Å². The predicted molar refractivity (Wildman–Crippen MR) is 106 cm³/mol. The Bertz CT molecular complexity index is 625. The number of carbonyl (C=O) groups excluding carboxylic acids is 2. The molecule has 2 amide bonds. The lowest BCUT2D eigenvalue weighted by atomic mass is 10.1. The zero-order valence-electron chi connectivity index (χ0n) is 17.3. The Morgan fingerprint density at radius 3 is 2.41 bits per heavy atom. The Kier molecular flexibility index (Phi) is 7.25. The number of hydrogen-bond acceptors (Lipinski definition) is 4. The van der Waals surface area contributed by atoms with Gasteiger partial charge in [0.05, 0.1) is 0 Å². The third-order valence-corrected chi connectivity index (χ3v) is 4.51. The molecule has 27 heavy (non-hydrogen) atoms. The van der Waals surface area contributed by atoms with Crippen LogP contribution >= 0.6 is 0 Å². The maximum Gasteiger partial charge on any atom is 0.410 e. The molecule has 0 aromatic heterocycles. The van der Waals surface area contributed by atoms with Crippen LogP contribution in [0, 0.1) is 0 Å². The van der Waals surface area contributed by atoms with Gasteiger partial charge in [0, 0.05) is 26.2 Å². The van der Waals surface area contributed by atoms with E-state index in [-0.39, 0.29) is 5.91 Å². The first-order chi connectivity index (χ1) is 12.7. The zero-order valence-corrected chi connectivity index (χ0v) is 17.3. The molecule has 1 fully saturated rings. The molecule has 1 aromatic carbocycles. The molecule has 0 N–H and O–H groups in total. The topological polar surface area (TPSA) is 53.1 Å². The van der Waals surface area contributed by atoms with Gasteiger partial charge in [0.2, 0.25) is 5.91 Å². The zero-order chi connectivity index (χ0) is 20.0. The minimum atomic E-state index is -0.568. The minimum absolute atomic E-state index is 0.00376. The Hall–Kier alpha value is -2.08. The van der Waals surface area contributed by atoms with Gasteiger partial charge in [-0.3, -0.25) is 9.69 Å². The number of likely N-dealkylation sites (N-methyl/N-ethyl adjacent to an activating group) is 1. The molecule has 0 radical (unpaired) electrons. The van der Waals surface area contributed by atoms with Crippen LogP contribution in [-0.4, -0.2) is 72.1 Å². The highest BCUT2D eigenvalue weighted by molar-refractivity contribution is 5.86. The maximum atomic E-state index is 13.3. The standard InChI is InChI=1S/C21H33N3O3/c1-21(2,3)27-20(26)24-13-9-12-18(24)19(25)23(15-14-22(4)5)16-17-10-7-6-8-11-17/h6-8,10-11,18H,9,12-16H2,1-5H3. The second kappa shape index (κ2) is 9.22. The van der Waals surface area contributed by atoms with Crippen LogP contribution in [0.2, 0.25) is 0 Å². The number of likely N-dealkylation sites (tertiary alicyclic amines) is 1. The van der Waals surface area contributed by atoms with E-state index in [1.165, 1.54) is 0 Å². The van der Waals surface area contributed by atoms with E-state index >= 15 is 0 Å². The summed E-state index contributed by atoms with van der Waals surface area (Å²) in [6.07, 6.45) is 1.11. The van der Waals surface area contributed by atoms with Crippen LogP contribution in [-0.2, 0) is 16.1 Å². The van der Waals surface area contributed by atoms with Gasteiger partial charge in [-0.05, 0) is 53.3 Å². The van der Waals surface area contributed by atoms with Gasteiger partial charge in [0.15, 0.2) is 0 Å². The van der Waals surface area contributed by atoms with E-state index in [0.29, 0.717) is 26.1 Å². The van der Waals surface area contributed by atoms with Crippen molar-refractivity contribution in [2.45, 2.75) is 51.8 Å². The quantitative estimate of drug-likeness (QED) is 0.767. The first-order valence-electron chi connectivity index (χ1n) is 9.64. The van der Waals surface area contributed by atoms with Gasteiger partial charge >= 0.3 is 6.09 Å². The van der Waals surface area contributed by atoms with E-state index in [9.17, 15) is 9.59 Å². The fraction of sp³-hybridized carbons (Fsp3) is 0.619. The van der Waals surface area contributed by atoms with E-state index in [2.05, 4.69) is 4.90 Å². The summed E-state index contributed by atoms with van der Waals surface area (Å²) >= 11 is 0. The summed E-state index contributed by atoms with van der Waals surface area (Å²) in [4.78, 5) is 31.4. The lowest BCUT2D eigenvalue weighted by Crippen LogP contribution is -2.50. The molecule has 1 saturated heterocycles. The first kappa shape index (κ1) is 21.2. The molecule has 150 valence electrons. The van der Waals surface area contributed by atoms with Crippen molar-refractivity contribution in [3.05, 3.63) is 35.9 Å². The number of carbonyl (C=O) groups is 2. The second-order valence-electron chi connectivity index (χ2n) is 8.38. The summed E-state index contributed by atoms with van der Waals surface area (Å²) < 4.78 is 5.51. The molecule has 0 bridgehead atoms. The molecule has 6 nitrogen and oxygen atoms in total. The van der Waals surface area contributed by atoms with Gasteiger partial charge in [-0.2, -0.15) is 0 Å². The third kappa shape index (κ3) is 6.54. The molecule has 0 aliphatic carbocycles. The smallest absolute Gasteiger partial charge is 0.410 e. The van der Waals surface area contributed by atoms with Crippen molar-refractivity contribution in [1.29, 1.82) is 0 Å². The highest BCUT2D eigenvalue weighted by Crippen LogP contribution is 2.23. The Labute approximate surface area is 163 Å². The highest BCUT2D eigenvalue weighted by Gasteiger charge is 2.38. The monoisotopic (exact) mass is 375 g/mol. The molecule has 1 heterocycles. The molecular weight excluding hydrogens is 342 g/mol. The van der Waals surface area contributed by atoms with Gasteiger partial charge in [0.1, 0.15) is 11.6 Å². The van der Waals surface area contributed by atoms with E-state index < -0.39 is 17.7 Å². The maximum absolute atomic E-state index is 13.3. The number of hydrogen-bond donors (Lipinski definition) is 0. The van der Waals surface area contributed by atoms with Crippen molar-refractivity contribution in [2.75, 3.05) is 33.7 Å². The SMILES string of the molecule is CN(C)CCN(Cc1ccccc1)C(=O)C1CCCN1C(=O)OC(C)(C)C. The second-order valence-corrected chi connectivity index (χ2v) is 8.38. The van der Waals surface area contributed by atoms with E-state index in [4.69, 9.17) is 4.74 Å². The molecule has 1 aromatic rings. The van der Waals surface area contributed by atoms with Crippen molar-refractivity contribution < 1.29 is 14.3 Å². The van der Waals surface area contributed by atoms with Gasteiger partial charge in [-0.1, -0.05) is 30.3 Å². The molecule has 0 saturated carbocycles. The van der Waals surface area contributed by atoms with E-state index in [0.717, 1.165) is 18.5 Å². The Morgan fingerprint density at radius 2 is 1.81 bits per heavy atom. The number of nitrogens with zero attached hydrogens (tertiary/aromatic N) is 3. The lowest BCUT2D eigenvalue weighted by Gasteiger charge is -2.32. The van der Waals surface area contributed by atoms with Gasteiger partial charge in [-0.15, -0.1) is 0 Å². The highest BCUT2D eigenvalue weighted by atomic mass is 16.6. The van der Waals surface area contributed by atoms with Crippen LogP contribution in [0.15, 0.2) is 30.3 Å². The van der Waals surface area contributed by atoms with Crippen molar-refractivity contribution in [2.24, 2.45) is 0 Å². The van der Waals surface area contributed by atoms with Crippen molar-refractivity contribution in [1.82, 2.24) is 14.7 Å². The third-order valence-electron chi connectivity index (χ3n) is 4.51. The lowest BCUT2D eigenvalue weighted by molar-refractivity contribution is -0.136. The Balaban J connectivity index is 2.13. The number of benzene rings is 1. The molecule has 6 heteroatoms. The average Bonchev–Trinajstić information content (AvgIpc) is 3.07. The number of amides is 2. The molecule has 0 spiro atoms. The van der Waals surface area contributed by atoms with Crippen molar-refractivity contribution in [3.8, 4) is 0 Å². The summed E-state index contributed by atoms with van der Waals surface area (Å²) in [6.45, 7) is 8.05. The Morgan fingerprint density at radius 1 is 1.15 bits per heavy atom. The summed E-state index contributed by atoms with van der Waals surface area (Å²) in [5, 5.41) is 0. The van der Waals surface area contributed by atoms with Gasteiger partial charge in [0.25, 0.3) is 0 Å². The first-order valence-corrected chi connectivity index (χ1v) is 9.64. The normalized spacial score (nSPS) is 17.3. The van der Waals surface area contributed by atoms with Crippen molar-refractivity contribution in [3.63, 3.8) is 0 Å². The van der Waals surface area contributed by atoms with Crippen molar-refractivity contribution >= 4 is 12.0 Å². The summed E-state index contributed by atoms with van der Waals surface area (Å²) in [7, 11) is 3.99. The van der Waals surface area contributed by atoms with E-state index in [1.54, 1.807) is 4.90 Å². The molecular formula is C21H33N3O3. The summed E-state index contributed by atoms with van der Waals surface area (Å²) in [5.74, 6) is 0.00376. The minimum Gasteiger partial charge on any atom is -0.444 e. The van der Waals surface area contributed by atoms with Gasteiger partial charge in [-0.25, -0.2) is 4.79 Å². The van der Waals surface area contributed by atoms with E-state index in [1.807, 2.05) is 70.1 Å². The fourth-order valence-corrected chi connectivity index (χ4v) is 3.16. The molecule has 1 aliphatic heterocycles. The molecule has 1 aliphatic rings. The van der Waals surface area contributed by atoms with Crippen LogP contribution in [0.4, 0.5) is 4.79 Å². The molecule has 1 unspecified atom stereocenters. The molecule has 1 atom stereocenters.